The summed E-state index contributed by atoms with van der Waals surface area (Å²) in [6.07, 6.45) is 0. The Morgan fingerprint density at radius 2 is 2.33 bits per heavy atom. The molecule has 0 saturated heterocycles. The summed E-state index contributed by atoms with van der Waals surface area (Å²) in [5.74, 6) is -0.0491. The number of hydrogen-bond acceptors (Lipinski definition) is 3. The zero-order valence-electron chi connectivity index (χ0n) is 8.08. The van der Waals surface area contributed by atoms with E-state index >= 15 is 0 Å². The molecule has 0 radical (unpaired) electrons. The van der Waals surface area contributed by atoms with Gasteiger partial charge in [-0.15, -0.1) is 0 Å². The molecule has 0 aliphatic carbocycles. The number of phenolic OH excluding ortho intramolecular Hbond substituents is 1. The van der Waals surface area contributed by atoms with E-state index < -0.39 is 6.03 Å². The highest BCUT2D eigenvalue weighted by molar-refractivity contribution is 6.31. The van der Waals surface area contributed by atoms with Gasteiger partial charge in [0.25, 0.3) is 0 Å². The first-order chi connectivity index (χ1) is 7.13. The average Bonchev–Trinajstić information content (AvgIpc) is 2.20. The maximum atomic E-state index is 11.2. The molecule has 0 heterocycles. The van der Waals surface area contributed by atoms with Gasteiger partial charge >= 0.3 is 6.03 Å². The summed E-state index contributed by atoms with van der Waals surface area (Å²) in [6.45, 7) is 0.0904. The largest absolute Gasteiger partial charge is 0.506 e. The van der Waals surface area contributed by atoms with E-state index in [-0.39, 0.29) is 18.2 Å². The fourth-order valence-corrected chi connectivity index (χ4v) is 1.08. The first-order valence-corrected chi connectivity index (χ1v) is 4.53. The van der Waals surface area contributed by atoms with Crippen LogP contribution in [-0.4, -0.2) is 25.0 Å². The molecule has 3 N–H and O–H groups in total. The number of methoxy groups -OCH3 is 1. The van der Waals surface area contributed by atoms with Crippen molar-refractivity contribution in [3.63, 3.8) is 0 Å². The van der Waals surface area contributed by atoms with Gasteiger partial charge in [0.05, 0.1) is 5.69 Å². The Morgan fingerprint density at radius 1 is 1.60 bits per heavy atom. The van der Waals surface area contributed by atoms with Crippen LogP contribution in [0.15, 0.2) is 18.2 Å². The van der Waals surface area contributed by atoms with Gasteiger partial charge in [0.1, 0.15) is 12.5 Å². The predicted octanol–water partition coefficient (Wildman–Crippen LogP) is 1.77. The maximum absolute atomic E-state index is 11.2. The van der Waals surface area contributed by atoms with Gasteiger partial charge in [-0.25, -0.2) is 4.79 Å². The van der Waals surface area contributed by atoms with Crippen LogP contribution in [0, 0.1) is 0 Å². The molecular formula is C9H11ClN2O3. The van der Waals surface area contributed by atoms with Crippen molar-refractivity contribution in [1.29, 1.82) is 0 Å². The normalized spacial score (nSPS) is 9.73. The number of ether oxygens (including phenoxy) is 1. The summed E-state index contributed by atoms with van der Waals surface area (Å²) < 4.78 is 4.64. The molecule has 1 aromatic rings. The van der Waals surface area contributed by atoms with Crippen LogP contribution in [0.25, 0.3) is 0 Å². The molecule has 0 fully saturated rings. The molecule has 0 spiro atoms. The lowest BCUT2D eigenvalue weighted by Crippen LogP contribution is -2.30. The van der Waals surface area contributed by atoms with Crippen LogP contribution in [0.4, 0.5) is 10.5 Å². The minimum Gasteiger partial charge on any atom is -0.506 e. The molecule has 1 rings (SSSR count). The average molecular weight is 231 g/mol. The van der Waals surface area contributed by atoms with Crippen molar-refractivity contribution in [1.82, 2.24) is 5.32 Å². The molecule has 1 aromatic carbocycles. The first kappa shape index (κ1) is 11.6. The number of aromatic hydroxyl groups is 1. The lowest BCUT2D eigenvalue weighted by atomic mass is 10.3. The van der Waals surface area contributed by atoms with Gasteiger partial charge in [0.15, 0.2) is 0 Å². The molecule has 0 bridgehead atoms. The number of halogens is 1. The number of phenols is 1. The number of nitrogens with one attached hydrogen (secondary N) is 2. The van der Waals surface area contributed by atoms with Crippen LogP contribution in [0.1, 0.15) is 0 Å². The predicted molar refractivity (Wildman–Crippen MR) is 57.1 cm³/mol. The Hall–Kier alpha value is -1.46. The molecule has 0 unspecified atom stereocenters. The third-order valence-electron chi connectivity index (χ3n) is 1.58. The smallest absolute Gasteiger partial charge is 0.321 e. The quantitative estimate of drug-likeness (QED) is 0.548. The molecule has 82 valence electrons. The minimum atomic E-state index is -0.477. The topological polar surface area (TPSA) is 70.6 Å². The molecule has 2 amide bonds. The van der Waals surface area contributed by atoms with E-state index in [1.807, 2.05) is 0 Å². The number of benzene rings is 1. The van der Waals surface area contributed by atoms with Crippen molar-refractivity contribution in [3.05, 3.63) is 23.2 Å². The lowest BCUT2D eigenvalue weighted by molar-refractivity contribution is 0.177. The van der Waals surface area contributed by atoms with Crippen LogP contribution in [0.3, 0.4) is 0 Å². The molecule has 0 atom stereocenters. The number of carbonyl (C=O) groups is 1. The van der Waals surface area contributed by atoms with Gasteiger partial charge in [-0.05, 0) is 18.2 Å². The van der Waals surface area contributed by atoms with E-state index in [4.69, 9.17) is 11.6 Å². The van der Waals surface area contributed by atoms with Crippen molar-refractivity contribution in [2.24, 2.45) is 0 Å². The Morgan fingerprint density at radius 3 is 3.00 bits per heavy atom. The van der Waals surface area contributed by atoms with Crippen molar-refractivity contribution >= 4 is 23.3 Å². The highest BCUT2D eigenvalue weighted by Crippen LogP contribution is 2.26. The Bertz CT molecular complexity index is 357. The lowest BCUT2D eigenvalue weighted by Gasteiger charge is -2.08. The molecular weight excluding hydrogens is 220 g/mol. The highest BCUT2D eigenvalue weighted by atomic mass is 35.5. The molecule has 15 heavy (non-hydrogen) atoms. The molecule has 0 aliphatic heterocycles. The fourth-order valence-electron chi connectivity index (χ4n) is 0.913. The van der Waals surface area contributed by atoms with Crippen molar-refractivity contribution in [2.75, 3.05) is 19.2 Å². The second-order valence-electron chi connectivity index (χ2n) is 2.73. The van der Waals surface area contributed by atoms with E-state index in [1.165, 1.54) is 25.3 Å². The van der Waals surface area contributed by atoms with Gasteiger partial charge in [-0.2, -0.15) is 0 Å². The molecule has 0 saturated carbocycles. The van der Waals surface area contributed by atoms with Gasteiger partial charge in [-0.3, -0.25) is 0 Å². The van der Waals surface area contributed by atoms with Crippen LogP contribution < -0.4 is 10.6 Å². The van der Waals surface area contributed by atoms with E-state index in [9.17, 15) is 9.90 Å². The van der Waals surface area contributed by atoms with E-state index in [2.05, 4.69) is 15.4 Å². The Kier molecular flexibility index (Phi) is 4.20. The highest BCUT2D eigenvalue weighted by Gasteiger charge is 2.05. The molecule has 0 aromatic heterocycles. The van der Waals surface area contributed by atoms with Crippen molar-refractivity contribution in [2.45, 2.75) is 0 Å². The van der Waals surface area contributed by atoms with Crippen LogP contribution in [0.2, 0.25) is 5.02 Å². The molecule has 6 heteroatoms. The van der Waals surface area contributed by atoms with Gasteiger partial charge in [0, 0.05) is 12.1 Å². The second-order valence-corrected chi connectivity index (χ2v) is 3.16. The first-order valence-electron chi connectivity index (χ1n) is 4.16. The monoisotopic (exact) mass is 230 g/mol. The standard InChI is InChI=1S/C9H11ClN2O3/c1-15-5-11-9(14)12-7-4-6(10)2-3-8(7)13/h2-4,13H,5H2,1H3,(H2,11,12,14). The van der Waals surface area contributed by atoms with E-state index in [1.54, 1.807) is 0 Å². The third-order valence-corrected chi connectivity index (χ3v) is 1.82. The maximum Gasteiger partial charge on any atom is 0.321 e. The zero-order valence-corrected chi connectivity index (χ0v) is 8.84. The summed E-state index contributed by atoms with van der Waals surface area (Å²) in [5, 5.41) is 14.6. The number of anilines is 1. The summed E-state index contributed by atoms with van der Waals surface area (Å²) in [6, 6.07) is 3.89. The van der Waals surface area contributed by atoms with Crippen LogP contribution in [0.5, 0.6) is 5.75 Å². The SMILES string of the molecule is COCNC(=O)Nc1cc(Cl)ccc1O. The number of hydrogen-bond donors (Lipinski definition) is 3. The second kappa shape index (κ2) is 5.43. The minimum absolute atomic E-state index is 0.0491. The number of urea groups is 1. The molecule has 5 nitrogen and oxygen atoms in total. The van der Waals surface area contributed by atoms with Crippen LogP contribution in [-0.2, 0) is 4.74 Å². The Balaban J connectivity index is 2.63. The van der Waals surface area contributed by atoms with E-state index in [0.29, 0.717) is 5.02 Å². The zero-order chi connectivity index (χ0) is 11.3. The fraction of sp³-hybridized carbons (Fsp3) is 0.222. The van der Waals surface area contributed by atoms with Crippen LogP contribution >= 0.6 is 11.6 Å². The van der Waals surface area contributed by atoms with Gasteiger partial charge < -0.3 is 20.5 Å². The summed E-state index contributed by atoms with van der Waals surface area (Å²) in [5.41, 5.74) is 0.246. The number of rotatable bonds is 3. The van der Waals surface area contributed by atoms with E-state index in [0.717, 1.165) is 0 Å². The van der Waals surface area contributed by atoms with Crippen molar-refractivity contribution < 1.29 is 14.6 Å². The summed E-state index contributed by atoms with van der Waals surface area (Å²) >= 11 is 5.70. The van der Waals surface area contributed by atoms with Gasteiger partial charge in [0.2, 0.25) is 0 Å². The third kappa shape index (κ3) is 3.65. The summed E-state index contributed by atoms with van der Waals surface area (Å²) in [4.78, 5) is 11.2. The number of carbonyl (C=O) groups excluding carboxylic acids is 1. The molecule has 0 aliphatic rings. The Labute approximate surface area is 92.0 Å². The number of amides is 2. The van der Waals surface area contributed by atoms with Gasteiger partial charge in [-0.1, -0.05) is 11.6 Å². The summed E-state index contributed by atoms with van der Waals surface area (Å²) in [7, 11) is 1.46. The van der Waals surface area contributed by atoms with Crippen molar-refractivity contribution in [3.8, 4) is 5.75 Å².